The van der Waals surface area contributed by atoms with Gasteiger partial charge in [-0.15, -0.1) is 0 Å². The maximum atomic E-state index is 12.3. The summed E-state index contributed by atoms with van der Waals surface area (Å²) in [6.07, 6.45) is 6.49. The van der Waals surface area contributed by atoms with Crippen LogP contribution < -0.4 is 5.32 Å². The fraction of sp³-hybridized carbons (Fsp3) is 0.400. The molecule has 4 rings (SSSR count). The number of benzene rings is 1. The van der Waals surface area contributed by atoms with E-state index in [9.17, 15) is 4.79 Å². The van der Waals surface area contributed by atoms with Crippen LogP contribution in [0.25, 0.3) is 0 Å². The van der Waals surface area contributed by atoms with Crippen molar-refractivity contribution in [3.05, 3.63) is 66.0 Å². The molecule has 2 aliphatic rings. The molecule has 124 valence electrons. The molecular formula is C20H23N3O. The molecule has 0 radical (unpaired) electrons. The number of pyridine rings is 1. The Labute approximate surface area is 142 Å². The Hall–Kier alpha value is -2.20. The van der Waals surface area contributed by atoms with Crippen molar-refractivity contribution in [2.24, 2.45) is 5.92 Å². The summed E-state index contributed by atoms with van der Waals surface area (Å²) in [5.41, 5.74) is 2.40. The molecule has 1 N–H and O–H groups in total. The standard InChI is InChI=1S/C20H23N3O/c24-20(10-15-4-2-1-3-5-15)22-19-12-18-11-17(19)14-23(18)13-16-6-8-21-9-7-16/h1-9,17-19H,10-14H2,(H,22,24)/t17-,18+,19+/m0/s1. The highest BCUT2D eigenvalue weighted by atomic mass is 16.1. The molecule has 3 atom stereocenters. The molecule has 0 unspecified atom stereocenters. The van der Waals surface area contributed by atoms with E-state index in [1.54, 1.807) is 0 Å². The molecule has 1 aromatic carbocycles. The van der Waals surface area contributed by atoms with Gasteiger partial charge in [-0.25, -0.2) is 0 Å². The molecule has 24 heavy (non-hydrogen) atoms. The van der Waals surface area contributed by atoms with E-state index in [0.717, 1.165) is 25.1 Å². The van der Waals surface area contributed by atoms with E-state index in [-0.39, 0.29) is 5.91 Å². The second-order valence-electron chi connectivity index (χ2n) is 7.01. The van der Waals surface area contributed by atoms with Crippen molar-refractivity contribution < 1.29 is 4.79 Å². The van der Waals surface area contributed by atoms with Gasteiger partial charge in [0.05, 0.1) is 6.42 Å². The van der Waals surface area contributed by atoms with Gasteiger partial charge in [0.1, 0.15) is 0 Å². The second kappa shape index (κ2) is 6.73. The molecule has 2 aromatic rings. The third-order valence-electron chi connectivity index (χ3n) is 5.34. The highest BCUT2D eigenvalue weighted by Crippen LogP contribution is 2.38. The topological polar surface area (TPSA) is 45.2 Å². The summed E-state index contributed by atoms with van der Waals surface area (Å²) in [5, 5.41) is 3.27. The molecule has 1 aliphatic heterocycles. The average Bonchev–Trinajstić information content (AvgIpc) is 3.16. The van der Waals surface area contributed by atoms with Crippen LogP contribution in [-0.2, 0) is 17.8 Å². The van der Waals surface area contributed by atoms with E-state index in [0.29, 0.717) is 24.4 Å². The number of amides is 1. The van der Waals surface area contributed by atoms with Crippen molar-refractivity contribution in [3.8, 4) is 0 Å². The van der Waals surface area contributed by atoms with Gasteiger partial charge in [0.25, 0.3) is 0 Å². The number of fused-ring (bicyclic) bond motifs is 2. The first-order valence-corrected chi connectivity index (χ1v) is 8.74. The lowest BCUT2D eigenvalue weighted by atomic mass is 10.0. The minimum atomic E-state index is 0.152. The molecule has 1 saturated heterocycles. The molecule has 4 nitrogen and oxygen atoms in total. The minimum absolute atomic E-state index is 0.152. The number of likely N-dealkylation sites (tertiary alicyclic amines) is 1. The lowest BCUT2D eigenvalue weighted by molar-refractivity contribution is -0.121. The largest absolute Gasteiger partial charge is 0.353 e. The maximum Gasteiger partial charge on any atom is 0.224 e. The van der Waals surface area contributed by atoms with Crippen LogP contribution in [0.5, 0.6) is 0 Å². The molecule has 4 heteroatoms. The van der Waals surface area contributed by atoms with Crippen LogP contribution in [0.3, 0.4) is 0 Å². The average molecular weight is 321 g/mol. The van der Waals surface area contributed by atoms with Crippen molar-refractivity contribution in [1.82, 2.24) is 15.2 Å². The van der Waals surface area contributed by atoms with Gasteiger partial charge in [0.2, 0.25) is 5.91 Å². The van der Waals surface area contributed by atoms with E-state index in [2.05, 4.69) is 27.3 Å². The number of hydrogen-bond donors (Lipinski definition) is 1. The zero-order valence-corrected chi connectivity index (χ0v) is 13.8. The highest BCUT2D eigenvalue weighted by Gasteiger charge is 2.44. The van der Waals surface area contributed by atoms with E-state index in [1.165, 1.54) is 12.0 Å². The Morgan fingerprint density at radius 2 is 1.88 bits per heavy atom. The van der Waals surface area contributed by atoms with E-state index in [1.807, 2.05) is 42.7 Å². The van der Waals surface area contributed by atoms with Gasteiger partial charge in [-0.2, -0.15) is 0 Å². The first kappa shape index (κ1) is 15.3. The highest BCUT2D eigenvalue weighted by molar-refractivity contribution is 5.78. The monoisotopic (exact) mass is 321 g/mol. The van der Waals surface area contributed by atoms with Gasteiger partial charge < -0.3 is 5.32 Å². The Morgan fingerprint density at radius 3 is 2.58 bits per heavy atom. The lowest BCUT2D eigenvalue weighted by Gasteiger charge is -2.32. The number of carbonyl (C=O) groups excluding carboxylic acids is 1. The molecule has 2 heterocycles. The van der Waals surface area contributed by atoms with Crippen LogP contribution in [-0.4, -0.2) is 34.4 Å². The minimum Gasteiger partial charge on any atom is -0.353 e. The summed E-state index contributed by atoms with van der Waals surface area (Å²) in [6.45, 7) is 2.08. The smallest absolute Gasteiger partial charge is 0.224 e. The fourth-order valence-corrected chi connectivity index (χ4v) is 4.18. The predicted octanol–water partition coefficient (Wildman–Crippen LogP) is 2.40. The zero-order valence-electron chi connectivity index (χ0n) is 13.8. The summed E-state index contributed by atoms with van der Waals surface area (Å²) >= 11 is 0. The Bertz CT molecular complexity index is 689. The van der Waals surface area contributed by atoms with Gasteiger partial charge in [-0.1, -0.05) is 30.3 Å². The summed E-state index contributed by atoms with van der Waals surface area (Å²) in [5.74, 6) is 0.746. The second-order valence-corrected chi connectivity index (χ2v) is 7.01. The van der Waals surface area contributed by atoms with E-state index >= 15 is 0 Å². The SMILES string of the molecule is O=C(Cc1ccccc1)N[C@@H]1C[C@H]2C[C@H]1CN2Cc1ccncc1. The van der Waals surface area contributed by atoms with Crippen molar-refractivity contribution in [3.63, 3.8) is 0 Å². The van der Waals surface area contributed by atoms with Crippen LogP contribution in [0.4, 0.5) is 0 Å². The molecule has 1 amide bonds. The maximum absolute atomic E-state index is 12.3. The normalized spacial score (nSPS) is 25.8. The molecule has 2 fully saturated rings. The fourth-order valence-electron chi connectivity index (χ4n) is 4.18. The number of aromatic nitrogens is 1. The number of hydrogen-bond acceptors (Lipinski definition) is 3. The quantitative estimate of drug-likeness (QED) is 0.920. The Kier molecular flexibility index (Phi) is 4.30. The molecule has 1 aromatic heterocycles. The van der Waals surface area contributed by atoms with E-state index in [4.69, 9.17) is 0 Å². The molecule has 1 aliphatic carbocycles. The Morgan fingerprint density at radius 1 is 1.08 bits per heavy atom. The molecular weight excluding hydrogens is 298 g/mol. The van der Waals surface area contributed by atoms with E-state index < -0.39 is 0 Å². The van der Waals surface area contributed by atoms with Gasteiger partial charge in [0.15, 0.2) is 0 Å². The third kappa shape index (κ3) is 3.34. The summed E-state index contributed by atoms with van der Waals surface area (Å²) in [7, 11) is 0. The Balaban J connectivity index is 1.29. The van der Waals surface area contributed by atoms with Crippen molar-refractivity contribution >= 4 is 5.91 Å². The van der Waals surface area contributed by atoms with Gasteiger partial charge in [0, 0.05) is 37.6 Å². The lowest BCUT2D eigenvalue weighted by Crippen LogP contribution is -2.46. The van der Waals surface area contributed by atoms with Crippen molar-refractivity contribution in [2.45, 2.75) is 37.9 Å². The van der Waals surface area contributed by atoms with Crippen LogP contribution in [0.1, 0.15) is 24.0 Å². The number of nitrogens with zero attached hydrogens (tertiary/aromatic N) is 2. The van der Waals surface area contributed by atoms with Crippen LogP contribution >= 0.6 is 0 Å². The number of rotatable bonds is 5. The number of nitrogens with one attached hydrogen (secondary N) is 1. The number of carbonyl (C=O) groups is 1. The predicted molar refractivity (Wildman–Crippen MR) is 93.2 cm³/mol. The molecule has 0 spiro atoms. The summed E-state index contributed by atoms with van der Waals surface area (Å²) in [6, 6.07) is 15.1. The van der Waals surface area contributed by atoms with Crippen molar-refractivity contribution in [2.75, 3.05) is 6.54 Å². The van der Waals surface area contributed by atoms with Crippen LogP contribution in [0.2, 0.25) is 0 Å². The first-order chi connectivity index (χ1) is 11.8. The first-order valence-electron chi connectivity index (χ1n) is 8.74. The van der Waals surface area contributed by atoms with Crippen LogP contribution in [0.15, 0.2) is 54.9 Å². The summed E-state index contributed by atoms with van der Waals surface area (Å²) < 4.78 is 0. The zero-order chi connectivity index (χ0) is 16.4. The molecule has 2 bridgehead atoms. The third-order valence-corrected chi connectivity index (χ3v) is 5.34. The van der Waals surface area contributed by atoms with Gasteiger partial charge in [-0.3, -0.25) is 14.7 Å². The number of piperidine rings is 1. The summed E-state index contributed by atoms with van der Waals surface area (Å²) in [4.78, 5) is 18.9. The van der Waals surface area contributed by atoms with Gasteiger partial charge in [-0.05, 0) is 42.0 Å². The van der Waals surface area contributed by atoms with Crippen LogP contribution in [0, 0.1) is 5.92 Å². The van der Waals surface area contributed by atoms with Gasteiger partial charge >= 0.3 is 0 Å². The van der Waals surface area contributed by atoms with Crippen molar-refractivity contribution in [1.29, 1.82) is 0 Å². The molecule has 1 saturated carbocycles.